The lowest BCUT2D eigenvalue weighted by atomic mass is 10.2. The average Bonchev–Trinajstić information content (AvgIpc) is 2.97. The van der Waals surface area contributed by atoms with Gasteiger partial charge in [0.05, 0.1) is 42.7 Å². The van der Waals surface area contributed by atoms with Crippen LogP contribution in [-0.4, -0.2) is 95.0 Å². The molecule has 0 fully saturated rings. The van der Waals surface area contributed by atoms with Crippen LogP contribution in [0.15, 0.2) is 24.3 Å². The van der Waals surface area contributed by atoms with E-state index in [9.17, 15) is 0 Å². The first kappa shape index (κ1) is 32.3. The van der Waals surface area contributed by atoms with Crippen LogP contribution in [0.1, 0.15) is 11.1 Å². The summed E-state index contributed by atoms with van der Waals surface area (Å²) in [6.07, 6.45) is 0. The predicted molar refractivity (Wildman–Crippen MR) is 154 cm³/mol. The fraction of sp³-hybridized carbons (Fsp3) is 0.571. The molecule has 0 aromatic heterocycles. The molecule has 11 nitrogen and oxygen atoms in total. The van der Waals surface area contributed by atoms with Crippen LogP contribution >= 0.6 is 0 Å². The van der Waals surface area contributed by atoms with Gasteiger partial charge in [0, 0.05) is 65.4 Å². The highest BCUT2D eigenvalue weighted by atomic mass is 16.5. The third-order valence-corrected chi connectivity index (χ3v) is 6.02. The van der Waals surface area contributed by atoms with Gasteiger partial charge in [0.15, 0.2) is 23.0 Å². The summed E-state index contributed by atoms with van der Waals surface area (Å²) in [7, 11) is 9.72. The van der Waals surface area contributed by atoms with Crippen LogP contribution in [0.5, 0.6) is 34.5 Å². The molecule has 0 heterocycles. The Bertz CT molecular complexity index is 837. The SMILES string of the molecule is COc1cc(CNCCNCCNCCNCCNCc2cc(OC)c(OC)c(OC)c2)cc(OC)c1OC. The Morgan fingerprint density at radius 2 is 0.641 bits per heavy atom. The fourth-order valence-electron chi connectivity index (χ4n) is 4.02. The number of benzene rings is 2. The van der Waals surface area contributed by atoms with Gasteiger partial charge in [-0.25, -0.2) is 0 Å². The number of rotatable bonds is 22. The molecular formula is C28H47N5O6. The van der Waals surface area contributed by atoms with Crippen molar-refractivity contribution in [2.24, 2.45) is 0 Å². The molecular weight excluding hydrogens is 502 g/mol. The Hall–Kier alpha value is -2.96. The van der Waals surface area contributed by atoms with Gasteiger partial charge >= 0.3 is 0 Å². The summed E-state index contributed by atoms with van der Waals surface area (Å²) in [5.41, 5.74) is 2.16. The molecule has 0 radical (unpaired) electrons. The molecule has 0 spiro atoms. The second kappa shape index (κ2) is 19.2. The first-order valence-electron chi connectivity index (χ1n) is 13.2. The Labute approximate surface area is 233 Å². The van der Waals surface area contributed by atoms with Crippen molar-refractivity contribution in [3.63, 3.8) is 0 Å². The lowest BCUT2D eigenvalue weighted by Gasteiger charge is -2.14. The van der Waals surface area contributed by atoms with Gasteiger partial charge in [0.2, 0.25) is 11.5 Å². The van der Waals surface area contributed by atoms with Crippen LogP contribution < -0.4 is 55.0 Å². The molecule has 0 aliphatic heterocycles. The highest BCUT2D eigenvalue weighted by molar-refractivity contribution is 5.54. The number of nitrogens with one attached hydrogen (secondary N) is 5. The third kappa shape index (κ3) is 11.0. The summed E-state index contributed by atoms with van der Waals surface area (Å²) in [5, 5.41) is 17.2. The molecule has 11 heteroatoms. The summed E-state index contributed by atoms with van der Waals surface area (Å²) in [4.78, 5) is 0. The highest BCUT2D eigenvalue weighted by Crippen LogP contribution is 2.39. The van der Waals surface area contributed by atoms with E-state index in [1.54, 1.807) is 42.7 Å². The van der Waals surface area contributed by atoms with E-state index < -0.39 is 0 Å². The maximum absolute atomic E-state index is 5.41. The maximum atomic E-state index is 5.41. The quantitative estimate of drug-likeness (QED) is 0.137. The van der Waals surface area contributed by atoms with E-state index in [0.29, 0.717) is 34.5 Å². The second-order valence-electron chi connectivity index (χ2n) is 8.67. The van der Waals surface area contributed by atoms with E-state index >= 15 is 0 Å². The summed E-state index contributed by atoms with van der Waals surface area (Å²) in [5.74, 6) is 3.88. The molecule has 220 valence electrons. The standard InChI is InChI=1S/C28H47N5O6/c1-34-23-15-21(16-24(35-2)27(23)38-5)19-32-13-11-30-9-7-29-8-10-31-12-14-33-20-22-17-25(36-3)28(39-6)26(18-22)37-4/h15-18,29-33H,7-14,19-20H2,1-6H3. The molecule has 0 atom stereocenters. The van der Waals surface area contributed by atoms with E-state index in [4.69, 9.17) is 28.4 Å². The number of hydrogen-bond acceptors (Lipinski definition) is 11. The molecule has 39 heavy (non-hydrogen) atoms. The summed E-state index contributed by atoms with van der Waals surface area (Å²) in [6, 6.07) is 7.86. The van der Waals surface area contributed by atoms with E-state index in [1.807, 2.05) is 24.3 Å². The molecule has 0 aliphatic carbocycles. The van der Waals surface area contributed by atoms with E-state index in [-0.39, 0.29) is 0 Å². The van der Waals surface area contributed by atoms with Crippen LogP contribution in [0.2, 0.25) is 0 Å². The van der Waals surface area contributed by atoms with Crippen LogP contribution in [-0.2, 0) is 13.1 Å². The Morgan fingerprint density at radius 1 is 0.385 bits per heavy atom. The van der Waals surface area contributed by atoms with Gasteiger partial charge in [-0.3, -0.25) is 0 Å². The Kier molecular flexibility index (Phi) is 15.8. The van der Waals surface area contributed by atoms with E-state index in [2.05, 4.69) is 26.6 Å². The second-order valence-corrected chi connectivity index (χ2v) is 8.67. The van der Waals surface area contributed by atoms with Crippen molar-refractivity contribution in [1.29, 1.82) is 0 Å². The molecule has 2 aromatic rings. The Balaban J connectivity index is 1.46. The van der Waals surface area contributed by atoms with Gasteiger partial charge in [0.1, 0.15) is 0 Å². The number of methoxy groups -OCH3 is 6. The van der Waals surface area contributed by atoms with Crippen molar-refractivity contribution >= 4 is 0 Å². The predicted octanol–water partition coefficient (Wildman–Crippen LogP) is 1.39. The number of ether oxygens (including phenoxy) is 6. The summed E-state index contributed by atoms with van der Waals surface area (Å²) < 4.78 is 32.4. The average molecular weight is 550 g/mol. The van der Waals surface area contributed by atoms with Crippen molar-refractivity contribution in [3.8, 4) is 34.5 Å². The first-order chi connectivity index (χ1) is 19.1. The minimum absolute atomic E-state index is 0.609. The summed E-state index contributed by atoms with van der Waals surface area (Å²) in [6.45, 7) is 8.64. The zero-order valence-electron chi connectivity index (χ0n) is 24.3. The minimum atomic E-state index is 0.609. The molecule has 0 amide bonds. The van der Waals surface area contributed by atoms with Crippen LogP contribution in [0.4, 0.5) is 0 Å². The monoisotopic (exact) mass is 549 g/mol. The normalized spacial score (nSPS) is 10.8. The van der Waals surface area contributed by atoms with Gasteiger partial charge in [-0.15, -0.1) is 0 Å². The molecule has 2 aromatic carbocycles. The number of hydrogen-bond donors (Lipinski definition) is 5. The topological polar surface area (TPSA) is 116 Å². The molecule has 0 unspecified atom stereocenters. The lowest BCUT2D eigenvalue weighted by molar-refractivity contribution is 0.323. The molecule has 0 saturated heterocycles. The maximum Gasteiger partial charge on any atom is 0.203 e. The van der Waals surface area contributed by atoms with Gasteiger partial charge < -0.3 is 55.0 Å². The van der Waals surface area contributed by atoms with Gasteiger partial charge in [0.25, 0.3) is 0 Å². The van der Waals surface area contributed by atoms with E-state index in [1.165, 1.54) is 0 Å². The summed E-state index contributed by atoms with van der Waals surface area (Å²) >= 11 is 0. The lowest BCUT2D eigenvalue weighted by Crippen LogP contribution is -2.36. The largest absolute Gasteiger partial charge is 0.493 e. The van der Waals surface area contributed by atoms with Crippen molar-refractivity contribution < 1.29 is 28.4 Å². The van der Waals surface area contributed by atoms with Gasteiger partial charge in [-0.1, -0.05) is 0 Å². The molecule has 5 N–H and O–H groups in total. The van der Waals surface area contributed by atoms with Gasteiger partial charge in [-0.2, -0.15) is 0 Å². The minimum Gasteiger partial charge on any atom is -0.493 e. The zero-order valence-corrected chi connectivity index (χ0v) is 24.3. The smallest absolute Gasteiger partial charge is 0.203 e. The van der Waals surface area contributed by atoms with Crippen molar-refractivity contribution in [1.82, 2.24) is 26.6 Å². The van der Waals surface area contributed by atoms with E-state index in [0.717, 1.165) is 76.6 Å². The van der Waals surface area contributed by atoms with Crippen LogP contribution in [0, 0.1) is 0 Å². The highest BCUT2D eigenvalue weighted by Gasteiger charge is 2.14. The van der Waals surface area contributed by atoms with Gasteiger partial charge in [-0.05, 0) is 35.4 Å². The first-order valence-corrected chi connectivity index (χ1v) is 13.2. The molecule has 0 bridgehead atoms. The van der Waals surface area contributed by atoms with Crippen LogP contribution in [0.3, 0.4) is 0 Å². The molecule has 0 aliphatic rings. The van der Waals surface area contributed by atoms with Crippen molar-refractivity contribution in [2.45, 2.75) is 13.1 Å². The zero-order chi connectivity index (χ0) is 28.3. The third-order valence-electron chi connectivity index (χ3n) is 6.02. The Morgan fingerprint density at radius 3 is 0.872 bits per heavy atom. The fourth-order valence-corrected chi connectivity index (χ4v) is 4.02. The molecule has 2 rings (SSSR count). The van der Waals surface area contributed by atoms with Crippen molar-refractivity contribution in [2.75, 3.05) is 95.0 Å². The van der Waals surface area contributed by atoms with Crippen molar-refractivity contribution in [3.05, 3.63) is 35.4 Å². The molecule has 0 saturated carbocycles. The van der Waals surface area contributed by atoms with Crippen LogP contribution in [0.25, 0.3) is 0 Å².